The minimum atomic E-state index is -1.57. The van der Waals surface area contributed by atoms with Crippen LogP contribution in [0.25, 0.3) is 0 Å². The summed E-state index contributed by atoms with van der Waals surface area (Å²) in [5.41, 5.74) is 1.03. The molecule has 0 heterocycles. The smallest absolute Gasteiger partial charge is 0.242 e. The average molecular weight is 259 g/mol. The predicted octanol–water partition coefficient (Wildman–Crippen LogP) is 4.50. The maximum atomic E-state index is 5.93. The molecule has 0 aliphatic heterocycles. The SMILES string of the molecule is C=C(O[Si](C)(C)C)/C(C)=C(\C)O[Si](C)(C)C. The molecule has 0 spiro atoms. The molecule has 4 heteroatoms. The Kier molecular flexibility index (Phi) is 5.07. The third kappa shape index (κ3) is 6.90. The van der Waals surface area contributed by atoms with Crippen molar-refractivity contribution in [2.45, 2.75) is 53.1 Å². The van der Waals surface area contributed by atoms with Crippen molar-refractivity contribution >= 4 is 16.6 Å². The van der Waals surface area contributed by atoms with Gasteiger partial charge in [-0.2, -0.15) is 0 Å². The van der Waals surface area contributed by atoms with Crippen molar-refractivity contribution < 1.29 is 8.85 Å². The van der Waals surface area contributed by atoms with Gasteiger partial charge in [0.2, 0.25) is 16.6 Å². The second-order valence-corrected chi connectivity index (χ2v) is 14.9. The monoisotopic (exact) mass is 258 g/mol. The van der Waals surface area contributed by atoms with Crippen LogP contribution in [0.4, 0.5) is 0 Å². The van der Waals surface area contributed by atoms with Crippen molar-refractivity contribution in [3.05, 3.63) is 23.7 Å². The zero-order valence-electron chi connectivity index (χ0n) is 12.0. The van der Waals surface area contributed by atoms with Crippen LogP contribution in [0.15, 0.2) is 23.7 Å². The molecule has 0 aromatic heterocycles. The molecule has 0 saturated carbocycles. The zero-order valence-corrected chi connectivity index (χ0v) is 14.0. The summed E-state index contributed by atoms with van der Waals surface area (Å²) in [7, 11) is -3.10. The van der Waals surface area contributed by atoms with Gasteiger partial charge in [0.1, 0.15) is 5.76 Å². The fraction of sp³-hybridized carbons (Fsp3) is 0.667. The Bertz CT molecular complexity index is 293. The molecule has 0 aliphatic carbocycles. The van der Waals surface area contributed by atoms with Crippen LogP contribution in [0.2, 0.25) is 39.3 Å². The maximum absolute atomic E-state index is 5.93. The van der Waals surface area contributed by atoms with Gasteiger partial charge < -0.3 is 8.85 Å². The van der Waals surface area contributed by atoms with E-state index in [2.05, 4.69) is 45.9 Å². The first-order valence-corrected chi connectivity index (χ1v) is 12.5. The lowest BCUT2D eigenvalue weighted by Crippen LogP contribution is -2.27. The molecule has 2 nitrogen and oxygen atoms in total. The number of hydrogen-bond acceptors (Lipinski definition) is 2. The number of rotatable bonds is 5. The first-order chi connectivity index (χ1) is 6.92. The van der Waals surface area contributed by atoms with E-state index in [9.17, 15) is 0 Å². The molecule has 0 aromatic carbocycles. The van der Waals surface area contributed by atoms with Crippen molar-refractivity contribution in [3.63, 3.8) is 0 Å². The summed E-state index contributed by atoms with van der Waals surface area (Å²) in [6.45, 7) is 21.0. The summed E-state index contributed by atoms with van der Waals surface area (Å²) in [6, 6.07) is 0. The summed E-state index contributed by atoms with van der Waals surface area (Å²) in [4.78, 5) is 0. The summed E-state index contributed by atoms with van der Waals surface area (Å²) >= 11 is 0. The predicted molar refractivity (Wildman–Crippen MR) is 76.4 cm³/mol. The van der Waals surface area contributed by atoms with Gasteiger partial charge in [-0.3, -0.25) is 0 Å². The first kappa shape index (κ1) is 15.5. The van der Waals surface area contributed by atoms with Gasteiger partial charge in [0.05, 0.1) is 5.76 Å². The molecule has 0 atom stereocenters. The molecule has 16 heavy (non-hydrogen) atoms. The molecule has 0 unspecified atom stereocenters. The van der Waals surface area contributed by atoms with Gasteiger partial charge in [0.25, 0.3) is 0 Å². The van der Waals surface area contributed by atoms with Crippen LogP contribution in [0, 0.1) is 0 Å². The van der Waals surface area contributed by atoms with E-state index in [4.69, 9.17) is 8.85 Å². The molecule has 0 aliphatic rings. The van der Waals surface area contributed by atoms with Crippen molar-refractivity contribution in [3.8, 4) is 0 Å². The summed E-state index contributed by atoms with van der Waals surface area (Å²) in [5.74, 6) is 1.71. The highest BCUT2D eigenvalue weighted by Gasteiger charge is 2.20. The molecule has 0 rings (SSSR count). The van der Waals surface area contributed by atoms with Crippen LogP contribution in [0.5, 0.6) is 0 Å². The summed E-state index contributed by atoms with van der Waals surface area (Å²) < 4.78 is 11.8. The molecule has 0 saturated heterocycles. The molecule has 0 fully saturated rings. The Morgan fingerprint density at radius 3 is 1.50 bits per heavy atom. The second-order valence-electron chi connectivity index (χ2n) is 6.03. The van der Waals surface area contributed by atoms with E-state index in [-0.39, 0.29) is 0 Å². The average Bonchev–Trinajstić information content (AvgIpc) is 1.96. The van der Waals surface area contributed by atoms with E-state index >= 15 is 0 Å². The minimum absolute atomic E-state index is 0.759. The molecule has 0 aromatic rings. The molecular formula is C12H26O2Si2. The van der Waals surface area contributed by atoms with Gasteiger partial charge in [-0.25, -0.2) is 0 Å². The fourth-order valence-electron chi connectivity index (χ4n) is 1.18. The molecule has 0 amide bonds. The largest absolute Gasteiger partial charge is 0.547 e. The molecule has 0 N–H and O–H groups in total. The fourth-order valence-corrected chi connectivity index (χ4v) is 3.14. The standard InChI is InChI=1S/C12H26O2Si2/c1-10(11(2)13-15(4,5)6)12(3)14-16(7,8)9/h2H2,1,3-9H3/b12-10+. The first-order valence-electron chi connectivity index (χ1n) is 5.67. The maximum Gasteiger partial charge on any atom is 0.242 e. The molecule has 0 radical (unpaired) electrons. The van der Waals surface area contributed by atoms with E-state index < -0.39 is 16.6 Å². The van der Waals surface area contributed by atoms with Gasteiger partial charge in [-0.15, -0.1) is 0 Å². The lowest BCUT2D eigenvalue weighted by atomic mass is 10.2. The van der Waals surface area contributed by atoms with Crippen LogP contribution in [-0.2, 0) is 8.85 Å². The number of allylic oxidation sites excluding steroid dienone is 2. The lowest BCUT2D eigenvalue weighted by molar-refractivity contribution is 0.395. The Morgan fingerprint density at radius 2 is 1.19 bits per heavy atom. The topological polar surface area (TPSA) is 18.5 Å². The Hall–Kier alpha value is -0.486. The van der Waals surface area contributed by atoms with Crippen molar-refractivity contribution in [1.82, 2.24) is 0 Å². The summed E-state index contributed by atoms with van der Waals surface area (Å²) in [6.07, 6.45) is 0. The van der Waals surface area contributed by atoms with Gasteiger partial charge in [-0.05, 0) is 53.1 Å². The van der Waals surface area contributed by atoms with Crippen LogP contribution >= 0.6 is 0 Å². The Labute approximate surface area is 103 Å². The Balaban J connectivity index is 4.70. The van der Waals surface area contributed by atoms with E-state index in [1.165, 1.54) is 0 Å². The van der Waals surface area contributed by atoms with Gasteiger partial charge in [0.15, 0.2) is 0 Å². The minimum Gasteiger partial charge on any atom is -0.547 e. The van der Waals surface area contributed by atoms with Crippen LogP contribution in [0.3, 0.4) is 0 Å². The van der Waals surface area contributed by atoms with E-state index in [0.717, 1.165) is 17.1 Å². The zero-order chi connectivity index (χ0) is 13.1. The van der Waals surface area contributed by atoms with Crippen LogP contribution < -0.4 is 0 Å². The third-order valence-electron chi connectivity index (χ3n) is 1.84. The van der Waals surface area contributed by atoms with Gasteiger partial charge in [-0.1, -0.05) is 6.58 Å². The quantitative estimate of drug-likeness (QED) is 0.411. The van der Waals surface area contributed by atoms with Gasteiger partial charge >= 0.3 is 0 Å². The summed E-state index contributed by atoms with van der Waals surface area (Å²) in [5, 5.41) is 0. The van der Waals surface area contributed by atoms with Crippen LogP contribution in [0.1, 0.15) is 13.8 Å². The highest BCUT2D eigenvalue weighted by atomic mass is 28.4. The third-order valence-corrected chi connectivity index (χ3v) is 3.61. The molecule has 0 bridgehead atoms. The highest BCUT2D eigenvalue weighted by Crippen LogP contribution is 2.21. The van der Waals surface area contributed by atoms with E-state index in [1.807, 2.05) is 13.8 Å². The van der Waals surface area contributed by atoms with Crippen molar-refractivity contribution in [2.24, 2.45) is 0 Å². The van der Waals surface area contributed by atoms with Crippen molar-refractivity contribution in [1.29, 1.82) is 0 Å². The second kappa shape index (κ2) is 5.23. The Morgan fingerprint density at radius 1 is 0.812 bits per heavy atom. The molecule has 94 valence electrons. The lowest BCUT2D eigenvalue weighted by Gasteiger charge is -2.25. The van der Waals surface area contributed by atoms with E-state index in [1.54, 1.807) is 0 Å². The number of hydrogen-bond donors (Lipinski definition) is 0. The molecular weight excluding hydrogens is 232 g/mol. The van der Waals surface area contributed by atoms with Gasteiger partial charge in [0, 0.05) is 5.57 Å². The highest BCUT2D eigenvalue weighted by molar-refractivity contribution is 6.70. The van der Waals surface area contributed by atoms with E-state index in [0.29, 0.717) is 0 Å². The normalized spacial score (nSPS) is 14.2. The van der Waals surface area contributed by atoms with Crippen LogP contribution in [-0.4, -0.2) is 16.6 Å². The van der Waals surface area contributed by atoms with Crippen molar-refractivity contribution in [2.75, 3.05) is 0 Å².